The van der Waals surface area contributed by atoms with Crippen molar-refractivity contribution in [2.45, 2.75) is 45.6 Å². The van der Waals surface area contributed by atoms with E-state index < -0.39 is 0 Å². The molecule has 1 unspecified atom stereocenters. The molecule has 0 saturated heterocycles. The second-order valence-corrected chi connectivity index (χ2v) is 3.59. The van der Waals surface area contributed by atoms with Crippen molar-refractivity contribution in [1.82, 2.24) is 0 Å². The maximum atomic E-state index is 6.21. The standard InChI is InChI=1S/C9H21NS/c1-4-8(7-11)9(10,5-2)6-3/h8,11H,4-7,10H2,1-3H3. The highest BCUT2D eigenvalue weighted by molar-refractivity contribution is 7.80. The van der Waals surface area contributed by atoms with Crippen molar-refractivity contribution < 1.29 is 0 Å². The minimum Gasteiger partial charge on any atom is -0.325 e. The predicted molar refractivity (Wildman–Crippen MR) is 55.1 cm³/mol. The molecule has 0 aromatic rings. The summed E-state index contributed by atoms with van der Waals surface area (Å²) >= 11 is 4.32. The first-order valence-electron chi connectivity index (χ1n) is 4.54. The van der Waals surface area contributed by atoms with Crippen molar-refractivity contribution in [2.75, 3.05) is 5.75 Å². The minimum absolute atomic E-state index is 0.0243. The summed E-state index contributed by atoms with van der Waals surface area (Å²) in [5.41, 5.74) is 6.24. The number of thiol groups is 1. The Morgan fingerprint density at radius 3 is 1.82 bits per heavy atom. The second kappa shape index (κ2) is 5.04. The average molecular weight is 175 g/mol. The molecule has 0 rings (SSSR count). The van der Waals surface area contributed by atoms with Crippen LogP contribution >= 0.6 is 12.6 Å². The third kappa shape index (κ3) is 2.68. The zero-order valence-corrected chi connectivity index (χ0v) is 8.82. The van der Waals surface area contributed by atoms with Crippen LogP contribution in [0.25, 0.3) is 0 Å². The smallest absolute Gasteiger partial charge is 0.0185 e. The van der Waals surface area contributed by atoms with E-state index in [4.69, 9.17) is 5.73 Å². The van der Waals surface area contributed by atoms with E-state index in [1.165, 1.54) is 0 Å². The molecule has 11 heavy (non-hydrogen) atoms. The maximum absolute atomic E-state index is 6.21. The van der Waals surface area contributed by atoms with Gasteiger partial charge in [-0.2, -0.15) is 12.6 Å². The lowest BCUT2D eigenvalue weighted by atomic mass is 9.80. The van der Waals surface area contributed by atoms with Gasteiger partial charge in [-0.3, -0.25) is 0 Å². The van der Waals surface area contributed by atoms with Crippen LogP contribution in [0.3, 0.4) is 0 Å². The van der Waals surface area contributed by atoms with Crippen molar-refractivity contribution in [3.63, 3.8) is 0 Å². The Morgan fingerprint density at radius 1 is 1.27 bits per heavy atom. The van der Waals surface area contributed by atoms with Crippen LogP contribution in [-0.4, -0.2) is 11.3 Å². The Kier molecular flexibility index (Phi) is 5.19. The van der Waals surface area contributed by atoms with Gasteiger partial charge in [-0.15, -0.1) is 0 Å². The number of nitrogens with two attached hydrogens (primary N) is 1. The van der Waals surface area contributed by atoms with Crippen LogP contribution in [0.15, 0.2) is 0 Å². The van der Waals surface area contributed by atoms with Gasteiger partial charge in [0.2, 0.25) is 0 Å². The van der Waals surface area contributed by atoms with Crippen LogP contribution in [0, 0.1) is 5.92 Å². The molecule has 0 saturated carbocycles. The van der Waals surface area contributed by atoms with Crippen molar-refractivity contribution >= 4 is 12.6 Å². The van der Waals surface area contributed by atoms with Gasteiger partial charge in [0.15, 0.2) is 0 Å². The summed E-state index contributed by atoms with van der Waals surface area (Å²) in [5, 5.41) is 0. The van der Waals surface area contributed by atoms with Crippen LogP contribution in [-0.2, 0) is 0 Å². The van der Waals surface area contributed by atoms with E-state index in [2.05, 4.69) is 33.4 Å². The van der Waals surface area contributed by atoms with Gasteiger partial charge in [-0.1, -0.05) is 27.2 Å². The van der Waals surface area contributed by atoms with E-state index in [0.29, 0.717) is 5.92 Å². The molecule has 68 valence electrons. The Labute approximate surface area is 76.2 Å². The Balaban J connectivity index is 4.19. The molecule has 0 radical (unpaired) electrons. The fourth-order valence-electron chi connectivity index (χ4n) is 1.54. The first kappa shape index (κ1) is 11.3. The topological polar surface area (TPSA) is 26.0 Å². The van der Waals surface area contributed by atoms with Gasteiger partial charge in [0.05, 0.1) is 0 Å². The van der Waals surface area contributed by atoms with Crippen molar-refractivity contribution in [3.05, 3.63) is 0 Å². The average Bonchev–Trinajstić information content (AvgIpc) is 2.06. The van der Waals surface area contributed by atoms with E-state index in [1.807, 2.05) is 0 Å². The van der Waals surface area contributed by atoms with Crippen LogP contribution in [0.2, 0.25) is 0 Å². The largest absolute Gasteiger partial charge is 0.325 e. The van der Waals surface area contributed by atoms with Gasteiger partial charge in [0.25, 0.3) is 0 Å². The summed E-state index contributed by atoms with van der Waals surface area (Å²) < 4.78 is 0. The molecule has 0 spiro atoms. The summed E-state index contributed by atoms with van der Waals surface area (Å²) in [7, 11) is 0. The Bertz CT molecular complexity index is 95.7. The van der Waals surface area contributed by atoms with Gasteiger partial charge in [0, 0.05) is 5.54 Å². The lowest BCUT2D eigenvalue weighted by molar-refractivity contribution is 0.268. The zero-order valence-electron chi connectivity index (χ0n) is 7.93. The van der Waals surface area contributed by atoms with Gasteiger partial charge < -0.3 is 5.73 Å². The molecule has 0 fully saturated rings. The SMILES string of the molecule is CCC(CS)C(N)(CC)CC. The minimum atomic E-state index is 0.0243. The van der Waals surface area contributed by atoms with Crippen LogP contribution < -0.4 is 5.73 Å². The molecule has 0 aromatic carbocycles. The van der Waals surface area contributed by atoms with Gasteiger partial charge in [-0.25, -0.2) is 0 Å². The molecule has 1 atom stereocenters. The van der Waals surface area contributed by atoms with Crippen molar-refractivity contribution in [2.24, 2.45) is 11.7 Å². The molecule has 1 nitrogen and oxygen atoms in total. The summed E-state index contributed by atoms with van der Waals surface area (Å²) in [6.45, 7) is 6.51. The number of hydrogen-bond donors (Lipinski definition) is 2. The highest BCUT2D eigenvalue weighted by Gasteiger charge is 2.28. The quantitative estimate of drug-likeness (QED) is 0.617. The van der Waals surface area contributed by atoms with E-state index in [9.17, 15) is 0 Å². The highest BCUT2D eigenvalue weighted by atomic mass is 32.1. The van der Waals surface area contributed by atoms with Crippen LogP contribution in [0.1, 0.15) is 40.0 Å². The fraction of sp³-hybridized carbons (Fsp3) is 1.00. The molecule has 0 aliphatic heterocycles. The molecule has 0 bridgehead atoms. The third-order valence-corrected chi connectivity index (χ3v) is 3.28. The fourth-order valence-corrected chi connectivity index (χ4v) is 2.17. The number of rotatable bonds is 5. The predicted octanol–water partition coefficient (Wildman–Crippen LogP) is 2.46. The molecule has 0 aliphatic rings. The zero-order chi connectivity index (χ0) is 8.91. The first-order valence-corrected chi connectivity index (χ1v) is 5.17. The van der Waals surface area contributed by atoms with E-state index in [1.54, 1.807) is 0 Å². The first-order chi connectivity index (χ1) is 5.14. The maximum Gasteiger partial charge on any atom is 0.0185 e. The van der Waals surface area contributed by atoms with Crippen molar-refractivity contribution in [1.29, 1.82) is 0 Å². The lowest BCUT2D eigenvalue weighted by Gasteiger charge is -2.34. The van der Waals surface area contributed by atoms with Crippen LogP contribution in [0.5, 0.6) is 0 Å². The van der Waals surface area contributed by atoms with Crippen LogP contribution in [0.4, 0.5) is 0 Å². The Morgan fingerprint density at radius 2 is 1.73 bits per heavy atom. The second-order valence-electron chi connectivity index (χ2n) is 3.23. The normalized spacial score (nSPS) is 15.0. The van der Waals surface area contributed by atoms with Gasteiger partial charge in [0.1, 0.15) is 0 Å². The highest BCUT2D eigenvalue weighted by Crippen LogP contribution is 2.25. The molecule has 0 amide bonds. The van der Waals surface area contributed by atoms with Gasteiger partial charge >= 0.3 is 0 Å². The van der Waals surface area contributed by atoms with E-state index in [-0.39, 0.29) is 5.54 Å². The summed E-state index contributed by atoms with van der Waals surface area (Å²) in [5.74, 6) is 1.48. The Hall–Kier alpha value is 0.310. The molecular formula is C9H21NS. The third-order valence-electron chi connectivity index (χ3n) is 2.84. The molecule has 0 aromatic heterocycles. The molecule has 0 heterocycles. The summed E-state index contributed by atoms with van der Waals surface area (Å²) in [6, 6.07) is 0. The molecule has 0 aliphatic carbocycles. The number of hydrogen-bond acceptors (Lipinski definition) is 2. The summed E-state index contributed by atoms with van der Waals surface area (Å²) in [4.78, 5) is 0. The lowest BCUT2D eigenvalue weighted by Crippen LogP contribution is -2.46. The van der Waals surface area contributed by atoms with E-state index >= 15 is 0 Å². The monoisotopic (exact) mass is 175 g/mol. The molecule has 2 N–H and O–H groups in total. The molecule has 2 heteroatoms. The molecular weight excluding hydrogens is 154 g/mol. The van der Waals surface area contributed by atoms with Gasteiger partial charge in [-0.05, 0) is 24.5 Å². The van der Waals surface area contributed by atoms with E-state index in [0.717, 1.165) is 25.0 Å². The summed E-state index contributed by atoms with van der Waals surface area (Å²) in [6.07, 6.45) is 3.26. The van der Waals surface area contributed by atoms with Crippen molar-refractivity contribution in [3.8, 4) is 0 Å².